The molecule has 0 saturated carbocycles. The lowest BCUT2D eigenvalue weighted by Gasteiger charge is -2.11. The van der Waals surface area contributed by atoms with Gasteiger partial charge in [0.05, 0.1) is 5.69 Å². The van der Waals surface area contributed by atoms with Crippen LogP contribution >= 0.6 is 0 Å². The molecule has 0 aliphatic carbocycles. The van der Waals surface area contributed by atoms with Crippen LogP contribution < -0.4 is 20.7 Å². The predicted octanol–water partition coefficient (Wildman–Crippen LogP) is 3.74. The molecule has 4 N–H and O–H groups in total. The Labute approximate surface area is 144 Å². The molecule has 0 amide bonds. The van der Waals surface area contributed by atoms with Crippen molar-refractivity contribution in [1.29, 1.82) is 0 Å². The highest BCUT2D eigenvalue weighted by molar-refractivity contribution is 5.70. The number of hydrogen-bond donors (Lipinski definition) is 4. The van der Waals surface area contributed by atoms with Gasteiger partial charge in [0.15, 0.2) is 6.73 Å². The number of aryl methyl sites for hydroxylation is 1. The number of nitrogens with zero attached hydrogens (tertiary/aromatic N) is 2. The van der Waals surface area contributed by atoms with Crippen LogP contribution in [-0.2, 0) is 0 Å². The van der Waals surface area contributed by atoms with Crippen molar-refractivity contribution in [1.82, 2.24) is 9.97 Å². The maximum absolute atomic E-state index is 9.35. The van der Waals surface area contributed by atoms with Crippen LogP contribution in [0, 0.1) is 6.92 Å². The molecule has 3 aromatic rings. The summed E-state index contributed by atoms with van der Waals surface area (Å²) >= 11 is 0. The Balaban J connectivity index is 1.56. The molecule has 0 saturated heterocycles. The second-order valence-corrected chi connectivity index (χ2v) is 5.70. The van der Waals surface area contributed by atoms with Gasteiger partial charge in [-0.1, -0.05) is 0 Å². The molecule has 0 bridgehead atoms. The Morgan fingerprint density at radius 1 is 1.08 bits per heavy atom. The van der Waals surface area contributed by atoms with E-state index in [2.05, 4.69) is 25.9 Å². The first kappa shape index (κ1) is 15.1. The van der Waals surface area contributed by atoms with Crippen LogP contribution in [0.3, 0.4) is 0 Å². The third-order valence-electron chi connectivity index (χ3n) is 3.83. The highest BCUT2D eigenvalue weighted by Gasteiger charge is 2.12. The molecule has 0 unspecified atom stereocenters. The van der Waals surface area contributed by atoms with E-state index in [0.29, 0.717) is 12.7 Å². The fraction of sp³-hybridized carbons (Fsp3) is 0.111. The number of aromatic nitrogens is 2. The smallest absolute Gasteiger partial charge is 0.229 e. The summed E-state index contributed by atoms with van der Waals surface area (Å²) < 4.78 is 5.43. The van der Waals surface area contributed by atoms with Crippen LogP contribution in [0.25, 0.3) is 0 Å². The average Bonchev–Trinajstić information content (AvgIpc) is 3.08. The quantitative estimate of drug-likeness (QED) is 0.540. The molecule has 0 atom stereocenters. The topological polar surface area (TPSA) is 91.3 Å². The number of hydrogen-bond acceptors (Lipinski definition) is 7. The molecule has 7 nitrogen and oxygen atoms in total. The molecule has 0 spiro atoms. The Bertz CT molecular complexity index is 912. The van der Waals surface area contributed by atoms with Gasteiger partial charge in [0.2, 0.25) is 5.95 Å². The zero-order valence-corrected chi connectivity index (χ0v) is 13.6. The van der Waals surface area contributed by atoms with E-state index in [1.165, 1.54) is 0 Å². The lowest BCUT2D eigenvalue weighted by Crippen LogP contribution is -2.02. The third kappa shape index (κ3) is 3.25. The van der Waals surface area contributed by atoms with Gasteiger partial charge in [-0.2, -0.15) is 4.98 Å². The summed E-state index contributed by atoms with van der Waals surface area (Å²) in [6.45, 7) is 2.44. The summed E-state index contributed by atoms with van der Waals surface area (Å²) in [6, 6.07) is 12.6. The largest absolute Gasteiger partial charge is 0.508 e. The van der Waals surface area contributed by atoms with Gasteiger partial charge >= 0.3 is 0 Å². The van der Waals surface area contributed by atoms with Crippen molar-refractivity contribution < 1.29 is 9.84 Å². The molecule has 1 aliphatic heterocycles. The molecule has 0 fully saturated rings. The van der Waals surface area contributed by atoms with Crippen molar-refractivity contribution in [2.45, 2.75) is 6.92 Å². The van der Waals surface area contributed by atoms with E-state index in [-0.39, 0.29) is 5.75 Å². The van der Waals surface area contributed by atoms with Crippen LogP contribution in [0.1, 0.15) is 5.56 Å². The highest BCUT2D eigenvalue weighted by Crippen LogP contribution is 2.33. The molecule has 2 aromatic carbocycles. The number of fused-ring (bicyclic) bond motifs is 1. The van der Waals surface area contributed by atoms with Gasteiger partial charge in [0, 0.05) is 23.1 Å². The van der Waals surface area contributed by atoms with Crippen LogP contribution in [-0.4, -0.2) is 21.8 Å². The van der Waals surface area contributed by atoms with E-state index in [9.17, 15) is 5.11 Å². The summed E-state index contributed by atoms with van der Waals surface area (Å²) in [5.74, 6) is 2.25. The fourth-order valence-corrected chi connectivity index (χ4v) is 2.50. The van der Waals surface area contributed by atoms with Gasteiger partial charge in [-0.25, -0.2) is 4.98 Å². The first-order valence-corrected chi connectivity index (χ1v) is 7.85. The normalized spacial score (nSPS) is 12.0. The maximum atomic E-state index is 9.35. The van der Waals surface area contributed by atoms with Crippen molar-refractivity contribution >= 4 is 28.8 Å². The van der Waals surface area contributed by atoms with Crippen LogP contribution in [0.15, 0.2) is 48.7 Å². The number of ether oxygens (including phenoxy) is 1. The van der Waals surface area contributed by atoms with E-state index >= 15 is 0 Å². The van der Waals surface area contributed by atoms with Gasteiger partial charge < -0.3 is 25.8 Å². The minimum atomic E-state index is 0.215. The molecule has 4 rings (SSSR count). The molecule has 126 valence electrons. The standard InChI is InChI=1S/C18H17N5O2/c1-11-9-19-18(22-12-2-5-14(24)6-3-12)23-17(11)21-13-4-7-16-15(8-13)20-10-25-16/h2-9,20,24H,10H2,1H3,(H2,19,21,22,23). The van der Waals surface area contributed by atoms with Crippen LogP contribution in [0.4, 0.5) is 28.8 Å². The number of rotatable bonds is 4. The molecular formula is C18H17N5O2. The SMILES string of the molecule is Cc1cnc(Nc2ccc(O)cc2)nc1Nc1ccc2c(c1)NCO2. The van der Waals surface area contributed by atoms with Crippen LogP contribution in [0.2, 0.25) is 0 Å². The van der Waals surface area contributed by atoms with Crippen LogP contribution in [0.5, 0.6) is 11.5 Å². The van der Waals surface area contributed by atoms with Gasteiger partial charge in [-0.15, -0.1) is 0 Å². The first-order valence-electron chi connectivity index (χ1n) is 7.85. The minimum absolute atomic E-state index is 0.215. The number of benzene rings is 2. The third-order valence-corrected chi connectivity index (χ3v) is 3.83. The molecule has 7 heteroatoms. The van der Waals surface area contributed by atoms with Gasteiger partial charge in [0.25, 0.3) is 0 Å². The monoisotopic (exact) mass is 335 g/mol. The summed E-state index contributed by atoms with van der Waals surface area (Å²) in [5.41, 5.74) is 3.60. The second-order valence-electron chi connectivity index (χ2n) is 5.70. The van der Waals surface area contributed by atoms with E-state index in [4.69, 9.17) is 4.74 Å². The van der Waals surface area contributed by atoms with E-state index < -0.39 is 0 Å². The van der Waals surface area contributed by atoms with Crippen molar-refractivity contribution in [2.75, 3.05) is 22.7 Å². The highest BCUT2D eigenvalue weighted by atomic mass is 16.5. The van der Waals surface area contributed by atoms with Crippen molar-refractivity contribution in [2.24, 2.45) is 0 Å². The first-order chi connectivity index (χ1) is 12.2. The maximum Gasteiger partial charge on any atom is 0.229 e. The van der Waals surface area contributed by atoms with E-state index in [1.807, 2.05) is 25.1 Å². The van der Waals surface area contributed by atoms with Crippen molar-refractivity contribution in [3.05, 3.63) is 54.2 Å². The zero-order valence-electron chi connectivity index (χ0n) is 13.6. The number of nitrogens with one attached hydrogen (secondary N) is 3. The number of phenols is 1. The Morgan fingerprint density at radius 2 is 1.88 bits per heavy atom. The molecule has 25 heavy (non-hydrogen) atoms. The molecule has 0 radical (unpaired) electrons. The van der Waals surface area contributed by atoms with E-state index in [0.717, 1.165) is 34.2 Å². The van der Waals surface area contributed by atoms with Crippen molar-refractivity contribution in [3.8, 4) is 11.5 Å². The molecular weight excluding hydrogens is 318 g/mol. The molecule has 2 heterocycles. The number of anilines is 5. The van der Waals surface area contributed by atoms with Gasteiger partial charge in [0.1, 0.15) is 17.3 Å². The Kier molecular flexibility index (Phi) is 3.74. The number of phenolic OH excluding ortho intramolecular Hbond substituents is 1. The Hall–Kier alpha value is -3.48. The zero-order chi connectivity index (χ0) is 17.2. The number of aromatic hydroxyl groups is 1. The summed E-state index contributed by atoms with van der Waals surface area (Å²) in [6.07, 6.45) is 1.76. The Morgan fingerprint density at radius 3 is 2.72 bits per heavy atom. The summed E-state index contributed by atoms with van der Waals surface area (Å²) in [7, 11) is 0. The summed E-state index contributed by atoms with van der Waals surface area (Å²) in [4.78, 5) is 8.83. The predicted molar refractivity (Wildman–Crippen MR) is 97.0 cm³/mol. The van der Waals surface area contributed by atoms with Gasteiger partial charge in [-0.3, -0.25) is 0 Å². The van der Waals surface area contributed by atoms with E-state index in [1.54, 1.807) is 30.5 Å². The summed E-state index contributed by atoms with van der Waals surface area (Å²) in [5, 5.41) is 18.9. The lowest BCUT2D eigenvalue weighted by molar-refractivity contribution is 0.372. The van der Waals surface area contributed by atoms with Gasteiger partial charge in [-0.05, 0) is 49.4 Å². The minimum Gasteiger partial charge on any atom is -0.508 e. The fourth-order valence-electron chi connectivity index (χ4n) is 2.50. The van der Waals surface area contributed by atoms with Crippen molar-refractivity contribution in [3.63, 3.8) is 0 Å². The second kappa shape index (κ2) is 6.20. The average molecular weight is 335 g/mol. The molecule has 1 aromatic heterocycles. The molecule has 1 aliphatic rings. The lowest BCUT2D eigenvalue weighted by atomic mass is 10.2.